The molecule has 4 aromatic carbocycles. The van der Waals surface area contributed by atoms with Crippen molar-refractivity contribution in [2.45, 2.75) is 65.2 Å². The largest absolute Gasteiger partial charge is 0.493 e. The number of aliphatic carboxylic acids is 1. The average Bonchev–Trinajstić information content (AvgIpc) is 3.84. The third-order valence-electron chi connectivity index (χ3n) is 9.71. The maximum absolute atomic E-state index is 12.0. The first kappa shape index (κ1) is 33.6. The predicted molar refractivity (Wildman–Crippen MR) is 197 cm³/mol. The molecule has 4 aromatic rings. The van der Waals surface area contributed by atoms with Gasteiger partial charge < -0.3 is 14.6 Å². The Hall–Kier alpha value is -5.88. The summed E-state index contributed by atoms with van der Waals surface area (Å²) in [6, 6.07) is 21.3. The molecular formula is C42H37N3O6. The molecule has 0 aromatic heterocycles. The Kier molecular flexibility index (Phi) is 9.33. The third-order valence-corrected chi connectivity index (χ3v) is 9.71. The number of unbranched alkanes of at least 4 members (excludes halogenated alkanes) is 6. The Morgan fingerprint density at radius 1 is 0.667 bits per heavy atom. The topological polar surface area (TPSA) is 138 Å². The number of rotatable bonds is 13. The molecule has 1 N–H and O–H groups in total. The summed E-state index contributed by atoms with van der Waals surface area (Å²) in [5.41, 5.74) is 5.46. The highest BCUT2D eigenvalue weighted by molar-refractivity contribution is 6.53. The molecule has 0 unspecified atom stereocenters. The van der Waals surface area contributed by atoms with Gasteiger partial charge in [-0.05, 0) is 48.2 Å². The van der Waals surface area contributed by atoms with Crippen molar-refractivity contribution in [2.24, 2.45) is 9.98 Å². The van der Waals surface area contributed by atoms with E-state index in [9.17, 15) is 24.8 Å². The van der Waals surface area contributed by atoms with Crippen LogP contribution in [0.2, 0.25) is 0 Å². The molecule has 51 heavy (non-hydrogen) atoms. The number of nitriles is 1. The Labute approximate surface area is 295 Å². The van der Waals surface area contributed by atoms with Gasteiger partial charge in [-0.2, -0.15) is 5.26 Å². The first-order valence-electron chi connectivity index (χ1n) is 17.7. The van der Waals surface area contributed by atoms with Gasteiger partial charge in [-0.15, -0.1) is 0 Å². The molecule has 4 aliphatic rings. The Morgan fingerprint density at radius 3 is 1.69 bits per heavy atom. The molecule has 2 heterocycles. The first-order chi connectivity index (χ1) is 24.9. The minimum Gasteiger partial charge on any atom is -0.493 e. The number of amides is 2. The van der Waals surface area contributed by atoms with Gasteiger partial charge >= 0.3 is 5.97 Å². The summed E-state index contributed by atoms with van der Waals surface area (Å²) in [6.45, 7) is 5.72. The van der Waals surface area contributed by atoms with Crippen LogP contribution in [-0.2, 0) is 14.4 Å². The van der Waals surface area contributed by atoms with Gasteiger partial charge in [-0.25, -0.2) is 14.8 Å². The van der Waals surface area contributed by atoms with Crippen molar-refractivity contribution in [3.05, 3.63) is 94.1 Å². The molecule has 9 nitrogen and oxygen atoms in total. The quantitative estimate of drug-likeness (QED) is 0.111. The molecule has 2 aliphatic carbocycles. The minimum absolute atomic E-state index is 0.140. The second kappa shape index (κ2) is 14.2. The molecule has 0 atom stereocenters. The number of carboxylic acid groups (broad SMARTS) is 1. The van der Waals surface area contributed by atoms with Crippen LogP contribution in [0.1, 0.15) is 87.5 Å². The van der Waals surface area contributed by atoms with Gasteiger partial charge in [0.05, 0.1) is 24.6 Å². The number of carbonyl (C=O) groups excluding carboxylic acids is 2. The van der Waals surface area contributed by atoms with Crippen molar-refractivity contribution in [1.82, 2.24) is 0 Å². The summed E-state index contributed by atoms with van der Waals surface area (Å²) in [6.07, 6.45) is 9.19. The molecule has 9 heteroatoms. The second-order valence-electron chi connectivity index (χ2n) is 12.9. The van der Waals surface area contributed by atoms with Crippen LogP contribution in [0.15, 0.2) is 81.8 Å². The van der Waals surface area contributed by atoms with Crippen molar-refractivity contribution < 1.29 is 29.0 Å². The van der Waals surface area contributed by atoms with Crippen LogP contribution in [0.5, 0.6) is 11.5 Å². The fraction of sp³-hybridized carbons (Fsp3) is 0.286. The highest BCUT2D eigenvalue weighted by atomic mass is 16.5. The summed E-state index contributed by atoms with van der Waals surface area (Å²) in [4.78, 5) is 43.6. The van der Waals surface area contributed by atoms with Crippen LogP contribution < -0.4 is 9.47 Å². The number of benzene rings is 4. The zero-order chi connectivity index (χ0) is 35.6. The lowest BCUT2D eigenvalue weighted by atomic mass is 10.0. The Morgan fingerprint density at radius 2 is 1.18 bits per heavy atom. The van der Waals surface area contributed by atoms with E-state index in [4.69, 9.17) is 9.47 Å². The fourth-order valence-electron chi connectivity index (χ4n) is 7.34. The lowest BCUT2D eigenvalue weighted by molar-refractivity contribution is -0.134. The second-order valence-corrected chi connectivity index (χ2v) is 12.9. The molecule has 0 radical (unpaired) electrons. The maximum atomic E-state index is 12.0. The Balaban J connectivity index is 0.000000159. The molecule has 0 saturated carbocycles. The monoisotopic (exact) mass is 679 g/mol. The van der Waals surface area contributed by atoms with E-state index in [2.05, 4.69) is 23.8 Å². The summed E-state index contributed by atoms with van der Waals surface area (Å²) in [5.74, 6) is -0.719. The number of aliphatic imine (C=N–C) groups is 2. The highest BCUT2D eigenvalue weighted by Gasteiger charge is 2.39. The van der Waals surface area contributed by atoms with Gasteiger partial charge in [-0.3, -0.25) is 9.59 Å². The van der Waals surface area contributed by atoms with Crippen molar-refractivity contribution in [2.75, 3.05) is 13.2 Å². The SMILES string of the molecule is CCCCCCOc1ccc2c3c(cccc13)C1=NC(=O)C(C#N)=C12.CCCCCCOc1ccc2c3c(cccc13)C1=NC(=O)C(C(=O)O)=C12. The van der Waals surface area contributed by atoms with Crippen LogP contribution in [0.3, 0.4) is 0 Å². The van der Waals surface area contributed by atoms with E-state index in [1.165, 1.54) is 32.1 Å². The summed E-state index contributed by atoms with van der Waals surface area (Å²) >= 11 is 0. The molecular weight excluding hydrogens is 642 g/mol. The van der Waals surface area contributed by atoms with Crippen LogP contribution in [0.25, 0.3) is 32.7 Å². The number of nitrogens with zero attached hydrogens (tertiary/aromatic N) is 3. The zero-order valence-corrected chi connectivity index (χ0v) is 28.7. The van der Waals surface area contributed by atoms with Gasteiger partial charge in [-0.1, -0.05) is 88.8 Å². The smallest absolute Gasteiger partial charge is 0.342 e. The number of ether oxygens (including phenoxy) is 2. The van der Waals surface area contributed by atoms with E-state index in [1.54, 1.807) is 0 Å². The maximum Gasteiger partial charge on any atom is 0.342 e. The predicted octanol–water partition coefficient (Wildman–Crippen LogP) is 8.40. The summed E-state index contributed by atoms with van der Waals surface area (Å²) in [7, 11) is 0. The molecule has 2 amide bonds. The lowest BCUT2D eigenvalue weighted by Gasteiger charge is -2.11. The molecule has 0 spiro atoms. The van der Waals surface area contributed by atoms with Gasteiger partial charge in [0.25, 0.3) is 11.8 Å². The molecule has 0 bridgehead atoms. The van der Waals surface area contributed by atoms with E-state index >= 15 is 0 Å². The number of hydrogen-bond acceptors (Lipinski definition) is 6. The lowest BCUT2D eigenvalue weighted by Crippen LogP contribution is -2.08. The number of hydrogen-bond donors (Lipinski definition) is 1. The molecule has 2 aliphatic heterocycles. The van der Waals surface area contributed by atoms with E-state index in [0.29, 0.717) is 35.8 Å². The first-order valence-corrected chi connectivity index (χ1v) is 17.7. The van der Waals surface area contributed by atoms with Crippen LogP contribution in [-0.4, -0.2) is 47.5 Å². The standard InChI is InChI=1S/C21H18N2O2.C21H19NO4/c1-2-3-4-5-11-25-17-10-9-14-18-13(17)7-6-8-15(18)20-19(14)16(12-22)21(24)23-20;1-2-3-4-5-11-26-15-10-9-13-16-12(15)7-6-8-14(16)19-17(13)18(21(24)25)20(23)22-19/h6-10H,2-5,11H2,1H3;6-10H,2-5,11H2,1H3,(H,24,25). The van der Waals surface area contributed by atoms with E-state index in [-0.39, 0.29) is 11.1 Å². The van der Waals surface area contributed by atoms with E-state index < -0.39 is 17.8 Å². The molecule has 0 saturated heterocycles. The number of fused-ring (bicyclic) bond motifs is 6. The van der Waals surface area contributed by atoms with Crippen molar-refractivity contribution in [3.63, 3.8) is 0 Å². The van der Waals surface area contributed by atoms with Gasteiger partial charge in [0.1, 0.15) is 28.7 Å². The van der Waals surface area contributed by atoms with E-state index in [0.717, 1.165) is 74.6 Å². The molecule has 256 valence electrons. The number of carboxylic acids is 1. The van der Waals surface area contributed by atoms with Crippen molar-refractivity contribution in [3.8, 4) is 17.6 Å². The minimum atomic E-state index is -1.24. The average molecular weight is 680 g/mol. The third kappa shape index (κ3) is 5.80. The van der Waals surface area contributed by atoms with Crippen LogP contribution in [0.4, 0.5) is 0 Å². The molecule has 0 fully saturated rings. The molecule has 8 rings (SSSR count). The van der Waals surface area contributed by atoms with Crippen molar-refractivity contribution >= 4 is 61.9 Å². The van der Waals surface area contributed by atoms with Gasteiger partial charge in [0.2, 0.25) is 0 Å². The van der Waals surface area contributed by atoms with Crippen LogP contribution in [0, 0.1) is 11.3 Å². The van der Waals surface area contributed by atoms with Gasteiger partial charge in [0.15, 0.2) is 0 Å². The number of allylic oxidation sites excluding steroid dienone is 2. The fourth-order valence-corrected chi connectivity index (χ4v) is 7.34. The number of carbonyl (C=O) groups is 3. The summed E-state index contributed by atoms with van der Waals surface area (Å²) < 4.78 is 12.0. The van der Waals surface area contributed by atoms with E-state index in [1.807, 2.05) is 66.7 Å². The van der Waals surface area contributed by atoms with Crippen molar-refractivity contribution in [1.29, 1.82) is 5.26 Å². The summed E-state index contributed by atoms with van der Waals surface area (Å²) in [5, 5.41) is 22.6. The van der Waals surface area contributed by atoms with Crippen LogP contribution >= 0.6 is 0 Å². The zero-order valence-electron chi connectivity index (χ0n) is 28.7. The van der Waals surface area contributed by atoms with Gasteiger partial charge in [0, 0.05) is 43.8 Å². The Bertz CT molecular complexity index is 2320. The highest BCUT2D eigenvalue weighted by Crippen LogP contribution is 2.46. The normalized spacial score (nSPS) is 14.8.